The highest BCUT2D eigenvalue weighted by Crippen LogP contribution is 2.26. The number of amides is 1. The molecule has 0 bridgehead atoms. The highest BCUT2D eigenvalue weighted by Gasteiger charge is 2.29. The van der Waals surface area contributed by atoms with Gasteiger partial charge in [0.25, 0.3) is 0 Å². The molecule has 0 N–H and O–H groups in total. The van der Waals surface area contributed by atoms with Gasteiger partial charge in [-0.3, -0.25) is 4.79 Å². The zero-order valence-corrected chi connectivity index (χ0v) is 13.8. The van der Waals surface area contributed by atoms with Gasteiger partial charge in [-0.1, -0.05) is 18.1 Å². The fraction of sp³-hybridized carbons (Fsp3) is 0.562. The lowest BCUT2D eigenvalue weighted by Crippen LogP contribution is -2.42. The summed E-state index contributed by atoms with van der Waals surface area (Å²) >= 11 is 1.71. The molecule has 3 heterocycles. The van der Waals surface area contributed by atoms with Crippen LogP contribution in [0.4, 0.5) is 0 Å². The van der Waals surface area contributed by atoms with Crippen LogP contribution in [0.1, 0.15) is 42.3 Å². The first kappa shape index (κ1) is 15.2. The Morgan fingerprint density at radius 2 is 2.45 bits per heavy atom. The summed E-state index contributed by atoms with van der Waals surface area (Å²) in [4.78, 5) is 20.2. The van der Waals surface area contributed by atoms with Crippen LogP contribution in [0.15, 0.2) is 22.0 Å². The van der Waals surface area contributed by atoms with Gasteiger partial charge in [0.2, 0.25) is 11.8 Å². The Morgan fingerprint density at radius 3 is 3.14 bits per heavy atom. The minimum atomic E-state index is 0.0180. The van der Waals surface area contributed by atoms with Crippen molar-refractivity contribution >= 4 is 17.2 Å². The van der Waals surface area contributed by atoms with Gasteiger partial charge in [-0.05, 0) is 30.7 Å². The van der Waals surface area contributed by atoms with Crippen LogP contribution in [0, 0.1) is 12.8 Å². The molecule has 1 amide bonds. The smallest absolute Gasteiger partial charge is 0.225 e. The van der Waals surface area contributed by atoms with Gasteiger partial charge in [-0.15, -0.1) is 11.3 Å². The normalized spacial score (nSPS) is 20.1. The van der Waals surface area contributed by atoms with Crippen LogP contribution in [0.25, 0.3) is 0 Å². The van der Waals surface area contributed by atoms with Crippen molar-refractivity contribution in [3.63, 3.8) is 0 Å². The highest BCUT2D eigenvalue weighted by molar-refractivity contribution is 7.09. The van der Waals surface area contributed by atoms with Crippen LogP contribution >= 0.6 is 11.3 Å². The van der Waals surface area contributed by atoms with E-state index >= 15 is 0 Å². The van der Waals surface area contributed by atoms with Crippen molar-refractivity contribution < 1.29 is 9.32 Å². The van der Waals surface area contributed by atoms with E-state index < -0.39 is 0 Å². The van der Waals surface area contributed by atoms with Crippen molar-refractivity contribution in [1.29, 1.82) is 0 Å². The molecule has 5 nitrogen and oxygen atoms in total. The van der Waals surface area contributed by atoms with Crippen LogP contribution in [-0.4, -0.2) is 34.0 Å². The highest BCUT2D eigenvalue weighted by atomic mass is 32.1. The lowest BCUT2D eigenvalue weighted by molar-refractivity contribution is -0.136. The van der Waals surface area contributed by atoms with Gasteiger partial charge >= 0.3 is 0 Å². The minimum absolute atomic E-state index is 0.0180. The molecule has 1 aliphatic rings. The van der Waals surface area contributed by atoms with Crippen molar-refractivity contribution in [2.45, 2.75) is 39.0 Å². The van der Waals surface area contributed by atoms with E-state index in [4.69, 9.17) is 4.52 Å². The van der Waals surface area contributed by atoms with E-state index in [-0.39, 0.29) is 17.7 Å². The minimum Gasteiger partial charge on any atom is -0.342 e. The van der Waals surface area contributed by atoms with Crippen molar-refractivity contribution in [2.24, 2.45) is 5.92 Å². The summed E-state index contributed by atoms with van der Waals surface area (Å²) in [7, 11) is 0. The van der Waals surface area contributed by atoms with E-state index in [2.05, 4.69) is 21.6 Å². The fourth-order valence-corrected chi connectivity index (χ4v) is 3.83. The molecule has 1 saturated heterocycles. The number of aryl methyl sites for hydroxylation is 1. The van der Waals surface area contributed by atoms with Crippen LogP contribution in [-0.2, 0) is 11.2 Å². The average Bonchev–Trinajstić information content (AvgIpc) is 3.18. The van der Waals surface area contributed by atoms with Crippen molar-refractivity contribution in [3.8, 4) is 0 Å². The third-order valence-electron chi connectivity index (χ3n) is 4.15. The molecule has 2 atom stereocenters. The third kappa shape index (κ3) is 3.38. The number of rotatable bonds is 4. The van der Waals surface area contributed by atoms with Gasteiger partial charge in [-0.25, -0.2) is 0 Å². The fourth-order valence-electron chi connectivity index (χ4n) is 3.00. The maximum atomic E-state index is 12.7. The number of nitrogens with zero attached hydrogens (tertiary/aromatic N) is 3. The Labute approximate surface area is 134 Å². The SMILES string of the molecule is Cc1nc([C@@H]2CCCN(C(=O)[C@@H](C)Cc3cccs3)C2)no1. The molecule has 118 valence electrons. The zero-order chi connectivity index (χ0) is 15.5. The first-order valence-electron chi connectivity index (χ1n) is 7.75. The molecule has 0 aliphatic carbocycles. The van der Waals surface area contributed by atoms with Crippen LogP contribution in [0.3, 0.4) is 0 Å². The predicted octanol–water partition coefficient (Wildman–Crippen LogP) is 3.02. The Balaban J connectivity index is 1.62. The van der Waals surface area contributed by atoms with Crippen LogP contribution in [0.5, 0.6) is 0 Å². The average molecular weight is 319 g/mol. The first-order valence-corrected chi connectivity index (χ1v) is 8.63. The van der Waals surface area contributed by atoms with E-state index in [1.54, 1.807) is 18.3 Å². The van der Waals surface area contributed by atoms with Gasteiger partial charge in [0, 0.05) is 36.7 Å². The molecule has 2 aromatic heterocycles. The third-order valence-corrected chi connectivity index (χ3v) is 5.05. The molecule has 0 unspecified atom stereocenters. The van der Waals surface area contributed by atoms with Gasteiger partial charge in [0.15, 0.2) is 5.82 Å². The van der Waals surface area contributed by atoms with Gasteiger partial charge in [0.05, 0.1) is 0 Å². The summed E-state index contributed by atoms with van der Waals surface area (Å²) < 4.78 is 5.07. The number of carbonyl (C=O) groups is 1. The number of piperidine rings is 1. The Bertz CT molecular complexity index is 623. The quantitative estimate of drug-likeness (QED) is 0.869. The summed E-state index contributed by atoms with van der Waals surface area (Å²) in [6.45, 7) is 5.35. The van der Waals surface area contributed by atoms with Gasteiger partial charge in [0.1, 0.15) is 0 Å². The molecule has 22 heavy (non-hydrogen) atoms. The lowest BCUT2D eigenvalue weighted by Gasteiger charge is -2.33. The largest absolute Gasteiger partial charge is 0.342 e. The summed E-state index contributed by atoms with van der Waals surface area (Å²) in [5.74, 6) is 1.78. The van der Waals surface area contributed by atoms with E-state index in [0.717, 1.165) is 31.6 Å². The number of likely N-dealkylation sites (tertiary alicyclic amines) is 1. The van der Waals surface area contributed by atoms with Crippen LogP contribution in [0.2, 0.25) is 0 Å². The van der Waals surface area contributed by atoms with E-state index in [0.29, 0.717) is 12.4 Å². The molecule has 0 aromatic carbocycles. The number of thiophene rings is 1. The van der Waals surface area contributed by atoms with Crippen molar-refractivity contribution in [2.75, 3.05) is 13.1 Å². The van der Waals surface area contributed by atoms with Gasteiger partial charge in [-0.2, -0.15) is 4.98 Å². The Hall–Kier alpha value is -1.69. The Morgan fingerprint density at radius 1 is 1.59 bits per heavy atom. The number of hydrogen-bond donors (Lipinski definition) is 0. The molecular formula is C16H21N3O2S. The molecule has 6 heteroatoms. The van der Waals surface area contributed by atoms with Crippen LogP contribution < -0.4 is 0 Å². The maximum absolute atomic E-state index is 12.7. The number of hydrogen-bond acceptors (Lipinski definition) is 5. The van der Waals surface area contributed by atoms with E-state index in [1.165, 1.54) is 4.88 Å². The molecule has 0 saturated carbocycles. The van der Waals surface area contributed by atoms with E-state index in [1.807, 2.05) is 17.9 Å². The summed E-state index contributed by atoms with van der Waals surface area (Å²) in [6.07, 6.45) is 2.83. The zero-order valence-electron chi connectivity index (χ0n) is 13.0. The summed E-state index contributed by atoms with van der Waals surface area (Å²) in [5, 5.41) is 6.07. The monoisotopic (exact) mass is 319 g/mol. The lowest BCUT2D eigenvalue weighted by atomic mass is 9.95. The van der Waals surface area contributed by atoms with Crippen molar-refractivity contribution in [1.82, 2.24) is 15.0 Å². The molecule has 0 radical (unpaired) electrons. The summed E-state index contributed by atoms with van der Waals surface area (Å²) in [5.41, 5.74) is 0. The second-order valence-electron chi connectivity index (χ2n) is 5.98. The second-order valence-corrected chi connectivity index (χ2v) is 7.01. The molecular weight excluding hydrogens is 298 g/mol. The topological polar surface area (TPSA) is 59.2 Å². The first-order chi connectivity index (χ1) is 10.6. The molecule has 1 fully saturated rings. The number of aromatic nitrogens is 2. The predicted molar refractivity (Wildman–Crippen MR) is 84.8 cm³/mol. The maximum Gasteiger partial charge on any atom is 0.225 e. The molecule has 1 aliphatic heterocycles. The number of carbonyl (C=O) groups excluding carboxylic acids is 1. The summed E-state index contributed by atoms with van der Waals surface area (Å²) in [6, 6.07) is 4.13. The molecule has 0 spiro atoms. The molecule has 3 rings (SSSR count). The second kappa shape index (κ2) is 6.60. The van der Waals surface area contributed by atoms with E-state index in [9.17, 15) is 4.79 Å². The Kier molecular flexibility index (Phi) is 4.57. The standard InChI is InChI=1S/C16H21N3O2S/c1-11(9-14-6-4-8-22-14)16(20)19-7-3-5-13(10-19)15-17-12(2)21-18-15/h4,6,8,11,13H,3,5,7,9-10H2,1-2H3/t11-,13+/m0/s1. The van der Waals surface area contributed by atoms with Gasteiger partial charge < -0.3 is 9.42 Å². The van der Waals surface area contributed by atoms with Crippen molar-refractivity contribution in [3.05, 3.63) is 34.1 Å². The molecule has 2 aromatic rings.